The van der Waals surface area contributed by atoms with Crippen LogP contribution >= 0.6 is 34.7 Å². The Balaban J connectivity index is 1.66. The zero-order chi connectivity index (χ0) is 25.8. The summed E-state index contributed by atoms with van der Waals surface area (Å²) >= 11 is 8.43. The van der Waals surface area contributed by atoms with Crippen molar-refractivity contribution in [2.45, 2.75) is 30.7 Å². The molecule has 0 fully saturated rings. The number of methoxy groups -OCH3 is 1. The summed E-state index contributed by atoms with van der Waals surface area (Å²) in [6.45, 7) is 3.74. The van der Waals surface area contributed by atoms with E-state index in [9.17, 15) is 14.4 Å². The van der Waals surface area contributed by atoms with Gasteiger partial charge in [0.05, 0.1) is 17.9 Å². The second kappa shape index (κ2) is 11.2. The average Bonchev–Trinajstić information content (AvgIpc) is 3.35. The quantitative estimate of drug-likeness (QED) is 0.231. The van der Waals surface area contributed by atoms with E-state index in [0.29, 0.717) is 38.7 Å². The van der Waals surface area contributed by atoms with Crippen LogP contribution in [0.5, 0.6) is 5.75 Å². The van der Waals surface area contributed by atoms with E-state index in [2.05, 4.69) is 15.7 Å². The third-order valence-electron chi connectivity index (χ3n) is 5.36. The van der Waals surface area contributed by atoms with Crippen molar-refractivity contribution in [1.82, 2.24) is 9.66 Å². The average molecular weight is 543 g/mol. The van der Waals surface area contributed by atoms with Gasteiger partial charge in [0.15, 0.2) is 5.16 Å². The summed E-state index contributed by atoms with van der Waals surface area (Å²) in [6, 6.07) is 13.6. The molecule has 36 heavy (non-hydrogen) atoms. The molecular formula is C25H23ClN4O4S2. The van der Waals surface area contributed by atoms with Crippen molar-refractivity contribution in [3.05, 3.63) is 80.4 Å². The predicted molar refractivity (Wildman–Crippen MR) is 145 cm³/mol. The molecule has 2 amide bonds. The van der Waals surface area contributed by atoms with Gasteiger partial charge in [-0.05, 0) is 60.7 Å². The van der Waals surface area contributed by atoms with Gasteiger partial charge < -0.3 is 10.1 Å². The number of thioether (sulfide) groups is 1. The molecule has 0 radical (unpaired) electrons. The molecule has 0 aliphatic heterocycles. The topological polar surface area (TPSA) is 102 Å². The van der Waals surface area contributed by atoms with E-state index in [1.54, 1.807) is 47.8 Å². The number of hydrogen-bond acceptors (Lipinski definition) is 7. The molecule has 8 nitrogen and oxygen atoms in total. The second-order valence-corrected chi connectivity index (χ2v) is 10.3. The summed E-state index contributed by atoms with van der Waals surface area (Å²) in [5, 5.41) is 4.79. The van der Waals surface area contributed by atoms with Crippen molar-refractivity contribution in [2.75, 3.05) is 17.9 Å². The fraction of sp³-hybridized carbons (Fsp3) is 0.200. The third kappa shape index (κ3) is 5.56. The van der Waals surface area contributed by atoms with Gasteiger partial charge in [-0.3, -0.25) is 19.8 Å². The van der Waals surface area contributed by atoms with Crippen LogP contribution in [0.4, 0.5) is 5.69 Å². The van der Waals surface area contributed by atoms with Gasteiger partial charge in [0.1, 0.15) is 10.4 Å². The van der Waals surface area contributed by atoms with Crippen molar-refractivity contribution < 1.29 is 14.3 Å². The number of aryl methyl sites for hydroxylation is 1. The number of anilines is 1. The van der Waals surface area contributed by atoms with Gasteiger partial charge in [0.25, 0.3) is 11.5 Å². The fourth-order valence-electron chi connectivity index (χ4n) is 3.39. The number of benzene rings is 2. The maximum Gasteiger partial charge on any atom is 0.291 e. The van der Waals surface area contributed by atoms with Gasteiger partial charge >= 0.3 is 0 Å². The number of nitrogens with one attached hydrogen (secondary N) is 2. The Labute approximate surface area is 220 Å². The highest BCUT2D eigenvalue weighted by Crippen LogP contribution is 2.28. The van der Waals surface area contributed by atoms with Crippen LogP contribution in [0.1, 0.15) is 29.3 Å². The molecule has 2 heterocycles. The Morgan fingerprint density at radius 2 is 2.03 bits per heavy atom. The van der Waals surface area contributed by atoms with Crippen LogP contribution in [-0.2, 0) is 4.79 Å². The Hall–Kier alpha value is -3.34. The predicted octanol–water partition coefficient (Wildman–Crippen LogP) is 5.32. The van der Waals surface area contributed by atoms with Crippen LogP contribution in [-0.4, -0.2) is 33.8 Å². The van der Waals surface area contributed by atoms with Gasteiger partial charge in [-0.25, -0.2) is 4.98 Å². The van der Waals surface area contributed by atoms with Gasteiger partial charge in [-0.1, -0.05) is 42.4 Å². The van der Waals surface area contributed by atoms with E-state index in [0.717, 1.165) is 22.0 Å². The van der Waals surface area contributed by atoms with Crippen LogP contribution in [0, 0.1) is 6.92 Å². The smallest absolute Gasteiger partial charge is 0.291 e. The first-order valence-corrected chi connectivity index (χ1v) is 13.1. The Kier molecular flexibility index (Phi) is 7.97. The first-order chi connectivity index (χ1) is 17.3. The van der Waals surface area contributed by atoms with Gasteiger partial charge in [-0.15, -0.1) is 11.3 Å². The van der Waals surface area contributed by atoms with Crippen molar-refractivity contribution in [1.29, 1.82) is 0 Å². The molecule has 1 atom stereocenters. The highest BCUT2D eigenvalue weighted by molar-refractivity contribution is 8.00. The standard InChI is InChI=1S/C25H23ClN4O4S2/c1-4-20(23(32)27-19-13-16(26)9-8-14(19)2)36-25-28-18-10-11-35-21(18)24(33)30(25)29-22(31)15-6-5-7-17(12-15)34-3/h5-13,20H,4H2,1-3H3,(H,27,32)(H,29,31)/t20-/m1/s1. The fourth-order valence-corrected chi connectivity index (χ4v) is 5.30. The SMILES string of the molecule is CC[C@@H](Sc1nc2ccsc2c(=O)n1NC(=O)c1cccc(OC)c1)C(=O)Nc1cc(Cl)ccc1C. The number of hydrogen-bond donors (Lipinski definition) is 2. The van der Waals surface area contributed by atoms with Crippen LogP contribution < -0.4 is 21.0 Å². The molecule has 0 spiro atoms. The lowest BCUT2D eigenvalue weighted by Gasteiger charge is -2.18. The van der Waals surface area contributed by atoms with Crippen LogP contribution in [0.3, 0.4) is 0 Å². The number of nitrogens with zero attached hydrogens (tertiary/aromatic N) is 2. The number of carbonyl (C=O) groups excluding carboxylic acids is 2. The molecule has 186 valence electrons. The lowest BCUT2D eigenvalue weighted by atomic mass is 10.2. The number of fused-ring (bicyclic) bond motifs is 1. The van der Waals surface area contributed by atoms with E-state index in [1.807, 2.05) is 19.9 Å². The number of halogens is 1. The van der Waals surface area contributed by atoms with Crippen molar-refractivity contribution >= 4 is 62.4 Å². The molecule has 2 aromatic carbocycles. The summed E-state index contributed by atoms with van der Waals surface area (Å²) in [5.74, 6) is -0.267. The maximum atomic E-state index is 13.3. The van der Waals surface area contributed by atoms with E-state index >= 15 is 0 Å². The normalized spacial score (nSPS) is 11.8. The molecule has 2 N–H and O–H groups in total. The molecule has 4 aromatic rings. The maximum absolute atomic E-state index is 13.3. The minimum absolute atomic E-state index is 0.201. The molecular weight excluding hydrogens is 520 g/mol. The minimum Gasteiger partial charge on any atom is -0.497 e. The number of ether oxygens (including phenoxy) is 1. The molecule has 0 bridgehead atoms. The van der Waals surface area contributed by atoms with Crippen LogP contribution in [0.2, 0.25) is 5.02 Å². The van der Waals surface area contributed by atoms with Crippen molar-refractivity contribution in [3.63, 3.8) is 0 Å². The molecule has 4 rings (SSSR count). The zero-order valence-electron chi connectivity index (χ0n) is 19.7. The zero-order valence-corrected chi connectivity index (χ0v) is 22.1. The summed E-state index contributed by atoms with van der Waals surface area (Å²) in [7, 11) is 1.51. The molecule has 2 aromatic heterocycles. The summed E-state index contributed by atoms with van der Waals surface area (Å²) in [4.78, 5) is 44.0. The molecule has 0 saturated carbocycles. The lowest BCUT2D eigenvalue weighted by Crippen LogP contribution is -2.36. The van der Waals surface area contributed by atoms with Crippen molar-refractivity contribution in [2.24, 2.45) is 0 Å². The lowest BCUT2D eigenvalue weighted by molar-refractivity contribution is -0.115. The van der Waals surface area contributed by atoms with Gasteiger partial charge in [-0.2, -0.15) is 4.68 Å². The molecule has 0 saturated heterocycles. The first kappa shape index (κ1) is 25.7. The summed E-state index contributed by atoms with van der Waals surface area (Å²) < 4.78 is 6.70. The van der Waals surface area contributed by atoms with Gasteiger partial charge in [0, 0.05) is 16.3 Å². The molecule has 0 unspecified atom stereocenters. The monoisotopic (exact) mass is 542 g/mol. The van der Waals surface area contributed by atoms with Crippen LogP contribution in [0.15, 0.2) is 63.9 Å². The number of rotatable bonds is 8. The van der Waals surface area contributed by atoms with E-state index in [1.165, 1.54) is 18.4 Å². The summed E-state index contributed by atoms with van der Waals surface area (Å²) in [6.07, 6.45) is 0.456. The Morgan fingerprint density at radius 3 is 2.78 bits per heavy atom. The van der Waals surface area contributed by atoms with Crippen LogP contribution in [0.25, 0.3) is 10.2 Å². The Morgan fingerprint density at radius 1 is 1.22 bits per heavy atom. The third-order valence-corrected chi connectivity index (χ3v) is 7.81. The highest BCUT2D eigenvalue weighted by atomic mass is 35.5. The second-order valence-electron chi connectivity index (χ2n) is 7.81. The van der Waals surface area contributed by atoms with E-state index in [-0.39, 0.29) is 11.1 Å². The summed E-state index contributed by atoms with van der Waals surface area (Å²) in [5.41, 5.74) is 4.51. The molecule has 0 aliphatic rings. The number of thiophene rings is 1. The molecule has 0 aliphatic carbocycles. The highest BCUT2D eigenvalue weighted by Gasteiger charge is 2.24. The number of carbonyl (C=O) groups is 2. The number of aromatic nitrogens is 2. The number of amides is 2. The van der Waals surface area contributed by atoms with E-state index < -0.39 is 16.7 Å². The van der Waals surface area contributed by atoms with Crippen molar-refractivity contribution in [3.8, 4) is 5.75 Å². The van der Waals surface area contributed by atoms with E-state index in [4.69, 9.17) is 16.3 Å². The minimum atomic E-state index is -0.591. The molecule has 11 heteroatoms. The Bertz CT molecular complexity index is 1500. The largest absolute Gasteiger partial charge is 0.497 e. The first-order valence-electron chi connectivity index (χ1n) is 11.0. The van der Waals surface area contributed by atoms with Gasteiger partial charge in [0.2, 0.25) is 5.91 Å².